The van der Waals surface area contributed by atoms with Crippen LogP contribution >= 0.6 is 23.2 Å². The number of rotatable bonds is 13. The van der Waals surface area contributed by atoms with Crippen LogP contribution in [0.4, 0.5) is 5.69 Å². The molecule has 1 N–H and O–H groups in total. The van der Waals surface area contributed by atoms with E-state index < -0.39 is 28.5 Å². The number of halogens is 2. The lowest BCUT2D eigenvalue weighted by Gasteiger charge is -2.34. The van der Waals surface area contributed by atoms with E-state index in [-0.39, 0.29) is 35.5 Å². The summed E-state index contributed by atoms with van der Waals surface area (Å²) in [5.41, 5.74) is 3.33. The van der Waals surface area contributed by atoms with E-state index in [1.807, 2.05) is 57.2 Å². The smallest absolute Gasteiger partial charge is 0.264 e. The van der Waals surface area contributed by atoms with E-state index in [4.69, 9.17) is 23.2 Å². The molecule has 0 heterocycles. The van der Waals surface area contributed by atoms with Gasteiger partial charge in [-0.1, -0.05) is 96.4 Å². The molecule has 242 valence electrons. The molecule has 2 atom stereocenters. The average Bonchev–Trinajstić information content (AvgIpc) is 3.03. The van der Waals surface area contributed by atoms with Crippen LogP contribution in [0.2, 0.25) is 10.0 Å². The lowest BCUT2D eigenvalue weighted by atomic mass is 10.0. The van der Waals surface area contributed by atoms with Crippen LogP contribution in [-0.2, 0) is 32.6 Å². The molecule has 0 spiro atoms. The monoisotopic (exact) mass is 679 g/mol. The fourth-order valence-electron chi connectivity index (χ4n) is 5.03. The Balaban J connectivity index is 1.84. The van der Waals surface area contributed by atoms with Crippen LogP contribution in [0.15, 0.2) is 102 Å². The Bertz CT molecular complexity index is 1770. The third kappa shape index (κ3) is 8.90. The van der Waals surface area contributed by atoms with Gasteiger partial charge >= 0.3 is 0 Å². The standard InChI is InChI=1S/C36H39Cl2N3O4S/c1-5-27(4)39-36(43)34(21-28-10-7-6-8-11-28)40(23-29-12-9-13-30(37)20-29)35(42)24-41(33-22-31(38)17-16-26(33)3)46(44,45)32-18-14-25(2)15-19-32/h6-20,22,27,34H,5,21,23-24H2,1-4H3,(H,39,43)/t27-,34+/m0/s1. The first-order valence-electron chi connectivity index (χ1n) is 15.1. The van der Waals surface area contributed by atoms with Crippen molar-refractivity contribution in [3.05, 3.63) is 129 Å². The Morgan fingerprint density at radius 3 is 2.13 bits per heavy atom. The first-order chi connectivity index (χ1) is 21.9. The summed E-state index contributed by atoms with van der Waals surface area (Å²) in [5, 5.41) is 3.84. The highest BCUT2D eigenvalue weighted by atomic mass is 35.5. The van der Waals surface area contributed by atoms with Crippen LogP contribution in [-0.4, -0.2) is 43.8 Å². The van der Waals surface area contributed by atoms with Gasteiger partial charge in [-0.15, -0.1) is 0 Å². The maximum Gasteiger partial charge on any atom is 0.264 e. The molecule has 0 aliphatic rings. The summed E-state index contributed by atoms with van der Waals surface area (Å²) in [7, 11) is -4.24. The minimum atomic E-state index is -4.24. The van der Waals surface area contributed by atoms with E-state index >= 15 is 0 Å². The first kappa shape index (κ1) is 35.0. The summed E-state index contributed by atoms with van der Waals surface area (Å²) in [6.07, 6.45) is 0.916. The number of carbonyl (C=O) groups is 2. The molecule has 10 heteroatoms. The lowest BCUT2D eigenvalue weighted by molar-refractivity contribution is -0.140. The number of aryl methyl sites for hydroxylation is 2. The maximum atomic E-state index is 14.6. The Morgan fingerprint density at radius 1 is 0.826 bits per heavy atom. The number of anilines is 1. The number of nitrogens with one attached hydrogen (secondary N) is 1. The van der Waals surface area contributed by atoms with Gasteiger partial charge in [0.1, 0.15) is 12.6 Å². The minimum Gasteiger partial charge on any atom is -0.352 e. The zero-order valence-corrected chi connectivity index (χ0v) is 28.7. The van der Waals surface area contributed by atoms with Gasteiger partial charge in [0.05, 0.1) is 10.6 Å². The largest absolute Gasteiger partial charge is 0.352 e. The molecule has 0 radical (unpaired) electrons. The molecule has 46 heavy (non-hydrogen) atoms. The van der Waals surface area contributed by atoms with Gasteiger partial charge in [-0.05, 0) is 80.3 Å². The summed E-state index contributed by atoms with van der Waals surface area (Å²) in [6, 6.07) is 26.8. The normalized spacial score (nSPS) is 12.7. The molecule has 2 amide bonds. The highest BCUT2D eigenvalue weighted by Gasteiger charge is 2.35. The number of nitrogens with zero attached hydrogens (tertiary/aromatic N) is 2. The van der Waals surface area contributed by atoms with E-state index in [2.05, 4.69) is 5.32 Å². The molecule has 0 aliphatic carbocycles. The summed E-state index contributed by atoms with van der Waals surface area (Å²) >= 11 is 12.7. The quantitative estimate of drug-likeness (QED) is 0.160. The van der Waals surface area contributed by atoms with Crippen molar-refractivity contribution in [3.63, 3.8) is 0 Å². The third-order valence-corrected chi connectivity index (χ3v) is 10.1. The molecule has 4 aromatic carbocycles. The second kappa shape index (κ2) is 15.6. The van der Waals surface area contributed by atoms with Gasteiger partial charge in [0, 0.05) is 29.1 Å². The number of carbonyl (C=O) groups excluding carboxylic acids is 2. The van der Waals surface area contributed by atoms with E-state index in [9.17, 15) is 18.0 Å². The van der Waals surface area contributed by atoms with Gasteiger partial charge in [0.15, 0.2) is 0 Å². The molecule has 0 fully saturated rings. The average molecular weight is 681 g/mol. The molecule has 0 bridgehead atoms. The van der Waals surface area contributed by atoms with Crippen molar-refractivity contribution in [2.24, 2.45) is 0 Å². The van der Waals surface area contributed by atoms with Crippen LogP contribution in [0.25, 0.3) is 0 Å². The van der Waals surface area contributed by atoms with Crippen LogP contribution in [0, 0.1) is 13.8 Å². The third-order valence-electron chi connectivity index (χ3n) is 7.84. The van der Waals surface area contributed by atoms with Crippen molar-refractivity contribution in [1.82, 2.24) is 10.2 Å². The minimum absolute atomic E-state index is 0.0256. The zero-order chi connectivity index (χ0) is 33.4. The van der Waals surface area contributed by atoms with Crippen LogP contribution < -0.4 is 9.62 Å². The molecular weight excluding hydrogens is 641 g/mol. The van der Waals surface area contributed by atoms with Crippen LogP contribution in [0.3, 0.4) is 0 Å². The molecule has 0 unspecified atom stereocenters. The van der Waals surface area contributed by atoms with Crippen molar-refractivity contribution < 1.29 is 18.0 Å². The Kier molecular flexibility index (Phi) is 11.9. The second-order valence-electron chi connectivity index (χ2n) is 11.4. The second-order valence-corrected chi connectivity index (χ2v) is 14.2. The molecule has 0 aromatic heterocycles. The van der Waals surface area contributed by atoms with Crippen LogP contribution in [0.1, 0.15) is 42.5 Å². The molecule has 4 rings (SSSR count). The van der Waals surface area contributed by atoms with Crippen molar-refractivity contribution in [3.8, 4) is 0 Å². The van der Waals surface area contributed by atoms with Gasteiger partial charge in [-0.2, -0.15) is 0 Å². The van der Waals surface area contributed by atoms with Gasteiger partial charge in [0.2, 0.25) is 11.8 Å². The van der Waals surface area contributed by atoms with E-state index in [1.54, 1.807) is 49.4 Å². The predicted octanol–water partition coefficient (Wildman–Crippen LogP) is 7.36. The van der Waals surface area contributed by atoms with E-state index in [0.717, 1.165) is 15.4 Å². The predicted molar refractivity (Wildman–Crippen MR) is 186 cm³/mol. The van der Waals surface area contributed by atoms with E-state index in [1.165, 1.54) is 23.1 Å². The summed E-state index contributed by atoms with van der Waals surface area (Å²) in [5.74, 6) is -0.893. The van der Waals surface area contributed by atoms with Crippen molar-refractivity contribution in [2.75, 3.05) is 10.8 Å². The van der Waals surface area contributed by atoms with Crippen molar-refractivity contribution in [2.45, 2.75) is 64.1 Å². The van der Waals surface area contributed by atoms with Gasteiger partial charge < -0.3 is 10.2 Å². The lowest BCUT2D eigenvalue weighted by Crippen LogP contribution is -2.54. The zero-order valence-electron chi connectivity index (χ0n) is 26.4. The summed E-state index contributed by atoms with van der Waals surface area (Å²) < 4.78 is 29.6. The first-order valence-corrected chi connectivity index (χ1v) is 17.3. The molecule has 4 aromatic rings. The highest BCUT2D eigenvalue weighted by molar-refractivity contribution is 7.92. The van der Waals surface area contributed by atoms with Gasteiger partial charge in [-0.25, -0.2) is 8.42 Å². The van der Waals surface area contributed by atoms with Gasteiger partial charge in [0.25, 0.3) is 10.0 Å². The van der Waals surface area contributed by atoms with Crippen molar-refractivity contribution >= 4 is 50.7 Å². The Morgan fingerprint density at radius 2 is 1.48 bits per heavy atom. The Hall–Kier alpha value is -3.85. The van der Waals surface area contributed by atoms with Crippen molar-refractivity contribution in [1.29, 1.82) is 0 Å². The Labute approximate surface area is 282 Å². The molecule has 0 aliphatic heterocycles. The number of sulfonamides is 1. The number of hydrogen-bond acceptors (Lipinski definition) is 4. The number of benzene rings is 4. The molecular formula is C36H39Cl2N3O4S. The number of hydrogen-bond donors (Lipinski definition) is 1. The van der Waals surface area contributed by atoms with Gasteiger partial charge in [-0.3, -0.25) is 13.9 Å². The van der Waals surface area contributed by atoms with Crippen LogP contribution in [0.5, 0.6) is 0 Å². The fraction of sp³-hybridized carbons (Fsp3) is 0.278. The maximum absolute atomic E-state index is 14.6. The van der Waals surface area contributed by atoms with E-state index in [0.29, 0.717) is 27.6 Å². The highest BCUT2D eigenvalue weighted by Crippen LogP contribution is 2.30. The molecule has 0 saturated carbocycles. The fourth-order valence-corrected chi connectivity index (χ4v) is 6.88. The molecule has 0 saturated heterocycles. The summed E-state index contributed by atoms with van der Waals surface area (Å²) in [4.78, 5) is 30.0. The number of amides is 2. The summed E-state index contributed by atoms with van der Waals surface area (Å²) in [6.45, 7) is 6.95. The SMILES string of the molecule is CC[C@H](C)NC(=O)[C@@H](Cc1ccccc1)N(Cc1cccc(Cl)c1)C(=O)CN(c1cc(Cl)ccc1C)S(=O)(=O)c1ccc(C)cc1. The topological polar surface area (TPSA) is 86.8 Å². The molecule has 7 nitrogen and oxygen atoms in total.